The predicted octanol–water partition coefficient (Wildman–Crippen LogP) is 3.31. The number of nitrogen functional groups attached to an aromatic ring is 1. The second-order valence-corrected chi connectivity index (χ2v) is 8.28. The lowest BCUT2D eigenvalue weighted by atomic mass is 9.86. The Labute approximate surface area is 141 Å². The van der Waals surface area contributed by atoms with Gasteiger partial charge in [0.15, 0.2) is 5.13 Å². The zero-order chi connectivity index (χ0) is 16.6. The fourth-order valence-corrected chi connectivity index (χ4v) is 3.87. The largest absolute Gasteiger partial charge is 0.375 e. The number of thiazole rings is 1. The van der Waals surface area contributed by atoms with Crippen molar-refractivity contribution in [1.82, 2.24) is 10.3 Å². The van der Waals surface area contributed by atoms with Crippen LogP contribution < -0.4 is 11.1 Å². The van der Waals surface area contributed by atoms with Crippen LogP contribution in [0.5, 0.6) is 0 Å². The van der Waals surface area contributed by atoms with Crippen LogP contribution in [-0.2, 0) is 18.3 Å². The third-order valence-electron chi connectivity index (χ3n) is 4.30. The van der Waals surface area contributed by atoms with Gasteiger partial charge in [0.05, 0.1) is 5.69 Å². The van der Waals surface area contributed by atoms with Crippen molar-refractivity contribution in [2.24, 2.45) is 0 Å². The van der Waals surface area contributed by atoms with Crippen LogP contribution in [0.1, 0.15) is 53.7 Å². The highest BCUT2D eigenvalue weighted by atomic mass is 32.1. The molecule has 1 aliphatic rings. The third kappa shape index (κ3) is 3.55. The molecule has 0 saturated heterocycles. The first kappa shape index (κ1) is 16.0. The second-order valence-electron chi connectivity index (χ2n) is 7.16. The minimum Gasteiger partial charge on any atom is -0.375 e. The van der Waals surface area contributed by atoms with Gasteiger partial charge in [0, 0.05) is 22.9 Å². The van der Waals surface area contributed by atoms with E-state index in [4.69, 9.17) is 5.73 Å². The number of carbonyl (C=O) groups is 1. The van der Waals surface area contributed by atoms with Gasteiger partial charge in [0.2, 0.25) is 0 Å². The van der Waals surface area contributed by atoms with Crippen LogP contribution in [0.25, 0.3) is 0 Å². The first-order valence-corrected chi connectivity index (χ1v) is 8.80. The summed E-state index contributed by atoms with van der Waals surface area (Å²) >= 11 is 1.54. The standard InChI is InChI=1S/C18H23N3OS/c1-18(2,3)12-6-4-11(5-7-12)16(22)20-13-8-9-14-15(10-13)23-17(19)21-14/h4-7,13H,8-10H2,1-3H3,(H2,19,21)(H,20,22). The van der Waals surface area contributed by atoms with E-state index in [0.29, 0.717) is 10.7 Å². The Hall–Kier alpha value is -1.88. The Bertz CT molecular complexity index is 713. The molecule has 23 heavy (non-hydrogen) atoms. The number of nitrogens with two attached hydrogens (primary N) is 1. The van der Waals surface area contributed by atoms with E-state index in [1.165, 1.54) is 21.8 Å². The Morgan fingerprint density at radius 1 is 1.30 bits per heavy atom. The average Bonchev–Trinajstić information content (AvgIpc) is 2.86. The predicted molar refractivity (Wildman–Crippen MR) is 94.9 cm³/mol. The highest BCUT2D eigenvalue weighted by Crippen LogP contribution is 2.28. The van der Waals surface area contributed by atoms with Gasteiger partial charge in [-0.05, 0) is 36.0 Å². The van der Waals surface area contributed by atoms with Crippen LogP contribution in [0.4, 0.5) is 5.13 Å². The number of aromatic nitrogens is 1. The van der Waals surface area contributed by atoms with Crippen molar-refractivity contribution < 1.29 is 4.79 Å². The number of fused-ring (bicyclic) bond motifs is 1. The van der Waals surface area contributed by atoms with Crippen LogP contribution in [-0.4, -0.2) is 16.9 Å². The monoisotopic (exact) mass is 329 g/mol. The summed E-state index contributed by atoms with van der Waals surface area (Å²) < 4.78 is 0. The van der Waals surface area contributed by atoms with Gasteiger partial charge in [-0.2, -0.15) is 0 Å². The van der Waals surface area contributed by atoms with E-state index < -0.39 is 0 Å². The number of carbonyl (C=O) groups excluding carboxylic acids is 1. The average molecular weight is 329 g/mol. The maximum atomic E-state index is 12.4. The molecular weight excluding hydrogens is 306 g/mol. The van der Waals surface area contributed by atoms with E-state index in [0.717, 1.165) is 25.0 Å². The van der Waals surface area contributed by atoms with E-state index in [2.05, 4.69) is 31.1 Å². The molecule has 0 bridgehead atoms. The maximum absolute atomic E-state index is 12.4. The van der Waals surface area contributed by atoms with Crippen molar-refractivity contribution in [3.63, 3.8) is 0 Å². The molecule has 0 spiro atoms. The minimum absolute atomic E-state index is 0.00334. The molecule has 0 radical (unpaired) electrons. The van der Waals surface area contributed by atoms with Crippen LogP contribution in [0.2, 0.25) is 0 Å². The van der Waals surface area contributed by atoms with Gasteiger partial charge in [0.25, 0.3) is 5.91 Å². The normalized spacial score (nSPS) is 17.6. The lowest BCUT2D eigenvalue weighted by molar-refractivity contribution is 0.0933. The number of anilines is 1. The molecule has 1 amide bonds. The van der Waals surface area contributed by atoms with E-state index in [9.17, 15) is 4.79 Å². The van der Waals surface area contributed by atoms with Crippen LogP contribution in [0.3, 0.4) is 0 Å². The van der Waals surface area contributed by atoms with Crippen molar-refractivity contribution in [1.29, 1.82) is 0 Å². The minimum atomic E-state index is -0.00334. The molecule has 3 N–H and O–H groups in total. The topological polar surface area (TPSA) is 68.0 Å². The summed E-state index contributed by atoms with van der Waals surface area (Å²) in [5.41, 5.74) is 8.92. The van der Waals surface area contributed by atoms with Crippen LogP contribution in [0.15, 0.2) is 24.3 Å². The number of hydrogen-bond donors (Lipinski definition) is 2. The first-order chi connectivity index (χ1) is 10.8. The Balaban J connectivity index is 1.66. The van der Waals surface area contributed by atoms with Crippen molar-refractivity contribution in [3.05, 3.63) is 46.0 Å². The summed E-state index contributed by atoms with van der Waals surface area (Å²) in [6, 6.07) is 8.07. The number of amides is 1. The molecule has 1 aliphatic carbocycles. The maximum Gasteiger partial charge on any atom is 0.251 e. The fourth-order valence-electron chi connectivity index (χ4n) is 2.91. The molecule has 1 atom stereocenters. The van der Waals surface area contributed by atoms with Gasteiger partial charge in [-0.3, -0.25) is 4.79 Å². The van der Waals surface area contributed by atoms with Gasteiger partial charge in [-0.25, -0.2) is 4.98 Å². The summed E-state index contributed by atoms with van der Waals surface area (Å²) in [6.45, 7) is 6.51. The molecule has 1 aromatic heterocycles. The lowest BCUT2D eigenvalue weighted by Crippen LogP contribution is -2.38. The molecule has 0 aliphatic heterocycles. The zero-order valence-electron chi connectivity index (χ0n) is 13.8. The van der Waals surface area contributed by atoms with E-state index in [1.807, 2.05) is 24.3 Å². The van der Waals surface area contributed by atoms with Gasteiger partial charge < -0.3 is 11.1 Å². The van der Waals surface area contributed by atoms with Crippen molar-refractivity contribution in [3.8, 4) is 0 Å². The molecule has 4 nitrogen and oxygen atoms in total. The quantitative estimate of drug-likeness (QED) is 0.888. The summed E-state index contributed by atoms with van der Waals surface area (Å²) in [7, 11) is 0. The Kier molecular flexibility index (Phi) is 4.15. The Morgan fingerprint density at radius 2 is 2.00 bits per heavy atom. The number of benzene rings is 1. The van der Waals surface area contributed by atoms with E-state index in [-0.39, 0.29) is 17.4 Å². The number of aryl methyl sites for hydroxylation is 1. The number of hydrogen-bond acceptors (Lipinski definition) is 4. The molecule has 1 unspecified atom stereocenters. The van der Waals surface area contributed by atoms with E-state index >= 15 is 0 Å². The molecule has 0 fully saturated rings. The zero-order valence-corrected chi connectivity index (χ0v) is 14.7. The highest BCUT2D eigenvalue weighted by molar-refractivity contribution is 7.15. The first-order valence-electron chi connectivity index (χ1n) is 7.98. The van der Waals surface area contributed by atoms with Crippen LogP contribution >= 0.6 is 11.3 Å². The Morgan fingerprint density at radius 3 is 2.65 bits per heavy atom. The van der Waals surface area contributed by atoms with Gasteiger partial charge in [0.1, 0.15) is 0 Å². The molecule has 2 aromatic rings. The molecule has 5 heteroatoms. The smallest absolute Gasteiger partial charge is 0.251 e. The van der Waals surface area contributed by atoms with Crippen molar-refractivity contribution >= 4 is 22.4 Å². The number of nitrogens with one attached hydrogen (secondary N) is 1. The second kappa shape index (κ2) is 5.96. The molecule has 3 rings (SSSR count). The van der Waals surface area contributed by atoms with Crippen molar-refractivity contribution in [2.45, 2.75) is 51.5 Å². The van der Waals surface area contributed by atoms with Crippen molar-refractivity contribution in [2.75, 3.05) is 5.73 Å². The lowest BCUT2D eigenvalue weighted by Gasteiger charge is -2.23. The number of nitrogens with zero attached hydrogens (tertiary/aromatic N) is 1. The van der Waals surface area contributed by atoms with Gasteiger partial charge in [-0.15, -0.1) is 11.3 Å². The highest BCUT2D eigenvalue weighted by Gasteiger charge is 2.24. The van der Waals surface area contributed by atoms with Gasteiger partial charge in [-0.1, -0.05) is 32.9 Å². The molecule has 122 valence electrons. The summed E-state index contributed by atoms with van der Waals surface area (Å²) in [4.78, 5) is 18.0. The van der Waals surface area contributed by atoms with Gasteiger partial charge >= 0.3 is 0 Å². The number of rotatable bonds is 2. The SMILES string of the molecule is CC(C)(C)c1ccc(C(=O)NC2CCc3nc(N)sc3C2)cc1. The van der Waals surface area contributed by atoms with E-state index in [1.54, 1.807) is 0 Å². The van der Waals surface area contributed by atoms with Crippen LogP contribution in [0, 0.1) is 0 Å². The molecular formula is C18H23N3OS. The third-order valence-corrected chi connectivity index (χ3v) is 5.25. The summed E-state index contributed by atoms with van der Waals surface area (Å²) in [6.07, 6.45) is 2.63. The summed E-state index contributed by atoms with van der Waals surface area (Å²) in [5.74, 6) is -0.00334. The summed E-state index contributed by atoms with van der Waals surface area (Å²) in [5, 5.41) is 3.77. The molecule has 1 aromatic carbocycles. The fraction of sp³-hybridized carbons (Fsp3) is 0.444. The molecule has 0 saturated carbocycles. The molecule has 1 heterocycles.